The minimum absolute atomic E-state index is 0. The van der Waals surface area contributed by atoms with Crippen LogP contribution in [0.15, 0.2) is 42.5 Å². The highest BCUT2D eigenvalue weighted by molar-refractivity contribution is 5.86. The largest absolute Gasteiger partial charge is 0.340 e. The second-order valence-electron chi connectivity index (χ2n) is 5.83. The molecule has 0 saturated carbocycles. The number of fused-ring (bicyclic) bond motifs is 1. The van der Waals surface area contributed by atoms with Gasteiger partial charge in [0.05, 0.1) is 0 Å². The number of amides is 1. The zero-order valence-electron chi connectivity index (χ0n) is 13.3. The first kappa shape index (κ1) is 17.7. The van der Waals surface area contributed by atoms with Gasteiger partial charge in [-0.1, -0.05) is 42.5 Å². The maximum Gasteiger partial charge on any atom is 0.223 e. The Morgan fingerprint density at radius 1 is 1.00 bits per heavy atom. The molecule has 0 radical (unpaired) electrons. The molecule has 1 fully saturated rings. The van der Waals surface area contributed by atoms with E-state index < -0.39 is 0 Å². The minimum Gasteiger partial charge on any atom is -0.340 e. The molecule has 124 valence electrons. The maximum absolute atomic E-state index is 11.9. The summed E-state index contributed by atoms with van der Waals surface area (Å²) in [5.41, 5.74) is 6.82. The standard InChI is InChI=1S/C18H23N3O.ClH/c19-9-8-18(22)21-12-10-20(11-13-21)14-16-6-3-5-15-4-1-2-7-17(15)16;/h1-7H,8-14,19H2;1H. The van der Waals surface area contributed by atoms with Crippen LogP contribution in [0.1, 0.15) is 12.0 Å². The maximum atomic E-state index is 11.9. The molecule has 23 heavy (non-hydrogen) atoms. The van der Waals surface area contributed by atoms with Gasteiger partial charge in [-0.05, 0) is 16.3 Å². The van der Waals surface area contributed by atoms with Gasteiger partial charge in [0.1, 0.15) is 0 Å². The van der Waals surface area contributed by atoms with E-state index in [-0.39, 0.29) is 18.3 Å². The number of hydrogen-bond donors (Lipinski definition) is 1. The van der Waals surface area contributed by atoms with E-state index in [0.29, 0.717) is 13.0 Å². The van der Waals surface area contributed by atoms with Crippen LogP contribution in [0.25, 0.3) is 10.8 Å². The Morgan fingerprint density at radius 2 is 1.70 bits per heavy atom. The summed E-state index contributed by atoms with van der Waals surface area (Å²) in [7, 11) is 0. The molecular formula is C18H24ClN3O. The molecule has 1 saturated heterocycles. The molecule has 1 heterocycles. The van der Waals surface area contributed by atoms with Crippen LogP contribution in [-0.4, -0.2) is 48.4 Å². The van der Waals surface area contributed by atoms with Crippen molar-refractivity contribution >= 4 is 29.1 Å². The summed E-state index contributed by atoms with van der Waals surface area (Å²) in [4.78, 5) is 16.2. The van der Waals surface area contributed by atoms with Crippen LogP contribution < -0.4 is 5.73 Å². The van der Waals surface area contributed by atoms with Gasteiger partial charge in [0.15, 0.2) is 0 Å². The second-order valence-corrected chi connectivity index (χ2v) is 5.83. The number of carbonyl (C=O) groups excluding carboxylic acids is 1. The summed E-state index contributed by atoms with van der Waals surface area (Å²) < 4.78 is 0. The van der Waals surface area contributed by atoms with E-state index in [2.05, 4.69) is 47.4 Å². The highest BCUT2D eigenvalue weighted by Crippen LogP contribution is 2.20. The predicted molar refractivity (Wildman–Crippen MR) is 96.7 cm³/mol. The summed E-state index contributed by atoms with van der Waals surface area (Å²) in [5, 5.41) is 2.61. The van der Waals surface area contributed by atoms with E-state index in [9.17, 15) is 4.79 Å². The summed E-state index contributed by atoms with van der Waals surface area (Å²) in [6.07, 6.45) is 0.462. The molecule has 4 nitrogen and oxygen atoms in total. The van der Waals surface area contributed by atoms with Crippen LogP contribution in [0.5, 0.6) is 0 Å². The third-order valence-corrected chi connectivity index (χ3v) is 4.36. The fourth-order valence-corrected chi connectivity index (χ4v) is 3.11. The van der Waals surface area contributed by atoms with Gasteiger partial charge in [0.25, 0.3) is 0 Å². The van der Waals surface area contributed by atoms with Crippen molar-refractivity contribution in [3.63, 3.8) is 0 Å². The normalized spacial score (nSPS) is 15.4. The highest BCUT2D eigenvalue weighted by atomic mass is 35.5. The zero-order valence-corrected chi connectivity index (χ0v) is 14.1. The Balaban J connectivity index is 0.00000192. The van der Waals surface area contributed by atoms with Crippen molar-refractivity contribution in [3.05, 3.63) is 48.0 Å². The molecule has 2 aromatic carbocycles. The van der Waals surface area contributed by atoms with Gasteiger partial charge >= 0.3 is 0 Å². The highest BCUT2D eigenvalue weighted by Gasteiger charge is 2.20. The summed E-state index contributed by atoms with van der Waals surface area (Å²) >= 11 is 0. The monoisotopic (exact) mass is 333 g/mol. The van der Waals surface area contributed by atoms with E-state index >= 15 is 0 Å². The predicted octanol–water partition coefficient (Wildman–Crippen LogP) is 2.25. The lowest BCUT2D eigenvalue weighted by Crippen LogP contribution is -2.48. The van der Waals surface area contributed by atoms with Crippen LogP contribution in [0.3, 0.4) is 0 Å². The zero-order chi connectivity index (χ0) is 15.4. The molecule has 1 amide bonds. The molecule has 0 unspecified atom stereocenters. The van der Waals surface area contributed by atoms with E-state index in [1.807, 2.05) is 4.90 Å². The Morgan fingerprint density at radius 3 is 2.43 bits per heavy atom. The number of nitrogens with zero attached hydrogens (tertiary/aromatic N) is 2. The van der Waals surface area contributed by atoms with Gasteiger partial charge in [-0.3, -0.25) is 9.69 Å². The number of nitrogens with two attached hydrogens (primary N) is 1. The van der Waals surface area contributed by atoms with E-state index in [4.69, 9.17) is 5.73 Å². The second kappa shape index (κ2) is 8.29. The molecule has 2 N–H and O–H groups in total. The van der Waals surface area contributed by atoms with E-state index in [1.54, 1.807) is 0 Å². The van der Waals surface area contributed by atoms with Crippen LogP contribution in [0.4, 0.5) is 0 Å². The molecule has 1 aliphatic heterocycles. The van der Waals surface area contributed by atoms with Crippen molar-refractivity contribution in [2.24, 2.45) is 5.73 Å². The van der Waals surface area contributed by atoms with Gasteiger partial charge in [0, 0.05) is 45.7 Å². The number of rotatable bonds is 4. The number of carbonyl (C=O) groups is 1. The average Bonchev–Trinajstić information content (AvgIpc) is 2.56. The summed E-state index contributed by atoms with van der Waals surface area (Å²) in [6, 6.07) is 15.0. The number of piperazine rings is 1. The first-order valence-electron chi connectivity index (χ1n) is 7.95. The molecule has 5 heteroatoms. The van der Waals surface area contributed by atoms with Crippen LogP contribution in [-0.2, 0) is 11.3 Å². The van der Waals surface area contributed by atoms with Crippen LogP contribution in [0, 0.1) is 0 Å². The van der Waals surface area contributed by atoms with Gasteiger partial charge in [-0.25, -0.2) is 0 Å². The SMILES string of the molecule is Cl.NCCC(=O)N1CCN(Cc2cccc3ccccc23)CC1. The molecule has 1 aliphatic rings. The molecule has 0 atom stereocenters. The molecule has 3 rings (SSSR count). The lowest BCUT2D eigenvalue weighted by molar-refractivity contribution is -0.132. The number of benzene rings is 2. The van der Waals surface area contributed by atoms with Crippen molar-refractivity contribution in [2.75, 3.05) is 32.7 Å². The van der Waals surface area contributed by atoms with E-state index in [1.165, 1.54) is 16.3 Å². The van der Waals surface area contributed by atoms with Crippen molar-refractivity contribution in [3.8, 4) is 0 Å². The molecular weight excluding hydrogens is 310 g/mol. The van der Waals surface area contributed by atoms with E-state index in [0.717, 1.165) is 32.7 Å². The average molecular weight is 334 g/mol. The Hall–Kier alpha value is -1.62. The lowest BCUT2D eigenvalue weighted by atomic mass is 10.0. The summed E-state index contributed by atoms with van der Waals surface area (Å²) in [6.45, 7) is 4.86. The van der Waals surface area contributed by atoms with Crippen molar-refractivity contribution in [1.82, 2.24) is 9.80 Å². The Bertz CT molecular complexity index is 648. The topological polar surface area (TPSA) is 49.6 Å². The molecule has 2 aromatic rings. The van der Waals surface area contributed by atoms with Gasteiger partial charge in [0.2, 0.25) is 5.91 Å². The molecule has 0 aliphatic carbocycles. The van der Waals surface area contributed by atoms with Crippen molar-refractivity contribution in [2.45, 2.75) is 13.0 Å². The molecule has 0 aromatic heterocycles. The van der Waals surface area contributed by atoms with Crippen molar-refractivity contribution < 1.29 is 4.79 Å². The van der Waals surface area contributed by atoms with Gasteiger partial charge in [-0.15, -0.1) is 12.4 Å². The third-order valence-electron chi connectivity index (χ3n) is 4.36. The number of hydrogen-bond acceptors (Lipinski definition) is 3. The van der Waals surface area contributed by atoms with Crippen LogP contribution in [0.2, 0.25) is 0 Å². The first-order valence-corrected chi connectivity index (χ1v) is 7.95. The fraction of sp³-hybridized carbons (Fsp3) is 0.389. The smallest absolute Gasteiger partial charge is 0.223 e. The van der Waals surface area contributed by atoms with Gasteiger partial charge < -0.3 is 10.6 Å². The molecule has 0 spiro atoms. The quantitative estimate of drug-likeness (QED) is 0.933. The summed E-state index contributed by atoms with van der Waals surface area (Å²) in [5.74, 6) is 0.187. The van der Waals surface area contributed by atoms with Crippen molar-refractivity contribution in [1.29, 1.82) is 0 Å². The van der Waals surface area contributed by atoms with Gasteiger partial charge in [-0.2, -0.15) is 0 Å². The molecule has 0 bridgehead atoms. The minimum atomic E-state index is 0. The van der Waals surface area contributed by atoms with Crippen LogP contribution >= 0.6 is 12.4 Å². The Labute approximate surface area is 143 Å². The Kier molecular flexibility index (Phi) is 6.39. The third kappa shape index (κ3) is 4.22. The number of halogens is 1. The lowest BCUT2D eigenvalue weighted by Gasteiger charge is -2.35. The fourth-order valence-electron chi connectivity index (χ4n) is 3.11. The first-order chi connectivity index (χ1) is 10.8.